The second-order valence-electron chi connectivity index (χ2n) is 6.98. The molecule has 1 aliphatic rings. The first-order chi connectivity index (χ1) is 14.7. The minimum absolute atomic E-state index is 0.0787. The number of carbonyl (C=O) groups excluding carboxylic acids is 2. The summed E-state index contributed by atoms with van der Waals surface area (Å²) in [5.41, 5.74) is 7.01. The van der Waals surface area contributed by atoms with Gasteiger partial charge >= 0.3 is 0 Å². The van der Waals surface area contributed by atoms with E-state index >= 15 is 0 Å². The van der Waals surface area contributed by atoms with Crippen LogP contribution in [0.3, 0.4) is 0 Å². The minimum atomic E-state index is -0.834. The Labute approximate surface area is 174 Å². The third-order valence-electron chi connectivity index (χ3n) is 4.92. The van der Waals surface area contributed by atoms with Gasteiger partial charge in [0.25, 0.3) is 5.91 Å². The van der Waals surface area contributed by atoms with Gasteiger partial charge in [0.2, 0.25) is 12.0 Å². The first kappa shape index (κ1) is 19.5. The summed E-state index contributed by atoms with van der Waals surface area (Å²) in [4.78, 5) is 25.0. The van der Waals surface area contributed by atoms with E-state index in [-0.39, 0.29) is 24.9 Å². The zero-order valence-corrected chi connectivity index (χ0v) is 16.3. The lowest BCUT2D eigenvalue weighted by atomic mass is 9.88. The van der Waals surface area contributed by atoms with Crippen LogP contribution < -0.4 is 20.3 Å². The maximum absolute atomic E-state index is 12.6. The van der Waals surface area contributed by atoms with Crippen LogP contribution in [-0.4, -0.2) is 24.5 Å². The van der Waals surface area contributed by atoms with E-state index in [1.807, 2.05) is 66.7 Å². The maximum Gasteiger partial charge on any atom is 0.283 e. The summed E-state index contributed by atoms with van der Waals surface area (Å²) in [6.45, 7) is 0.0787. The van der Waals surface area contributed by atoms with Crippen molar-refractivity contribution < 1.29 is 19.1 Å². The van der Waals surface area contributed by atoms with Gasteiger partial charge in [-0.1, -0.05) is 72.8 Å². The van der Waals surface area contributed by atoms with Crippen molar-refractivity contribution in [2.24, 2.45) is 0 Å². The van der Waals surface area contributed by atoms with Crippen LogP contribution in [0.2, 0.25) is 0 Å². The van der Waals surface area contributed by atoms with Gasteiger partial charge in [-0.3, -0.25) is 20.4 Å². The van der Waals surface area contributed by atoms with E-state index in [1.165, 1.54) is 0 Å². The number of hydrazine groups is 1. The van der Waals surface area contributed by atoms with Crippen LogP contribution in [0.15, 0.2) is 84.9 Å². The number of para-hydroxylation sites is 2. The van der Waals surface area contributed by atoms with Crippen molar-refractivity contribution in [2.45, 2.75) is 18.4 Å². The normalized spacial score (nSPS) is 14.8. The molecule has 0 unspecified atom stereocenters. The van der Waals surface area contributed by atoms with Crippen LogP contribution >= 0.6 is 0 Å². The van der Waals surface area contributed by atoms with E-state index in [1.54, 1.807) is 18.2 Å². The zero-order valence-electron chi connectivity index (χ0n) is 16.3. The predicted molar refractivity (Wildman–Crippen MR) is 112 cm³/mol. The van der Waals surface area contributed by atoms with Crippen molar-refractivity contribution in [3.05, 3.63) is 96.1 Å². The van der Waals surface area contributed by atoms with E-state index in [9.17, 15) is 9.59 Å². The SMILES string of the molecule is O=C(CC(c1ccccc1)c1ccccc1)NNC(=O)[C@@H]1COc2ccccc2O1. The highest BCUT2D eigenvalue weighted by Gasteiger charge is 2.28. The van der Waals surface area contributed by atoms with Gasteiger partial charge in [0.05, 0.1) is 0 Å². The molecule has 30 heavy (non-hydrogen) atoms. The number of benzene rings is 3. The fraction of sp³-hybridized carbons (Fsp3) is 0.167. The van der Waals surface area contributed by atoms with Crippen molar-refractivity contribution in [2.75, 3.05) is 6.61 Å². The lowest BCUT2D eigenvalue weighted by Gasteiger charge is -2.25. The lowest BCUT2D eigenvalue weighted by Crippen LogP contribution is -2.51. The van der Waals surface area contributed by atoms with E-state index in [0.29, 0.717) is 11.5 Å². The van der Waals surface area contributed by atoms with Gasteiger partial charge in [0, 0.05) is 12.3 Å². The number of ether oxygens (including phenoxy) is 2. The van der Waals surface area contributed by atoms with Crippen molar-refractivity contribution in [1.29, 1.82) is 0 Å². The second kappa shape index (κ2) is 9.13. The highest BCUT2D eigenvalue weighted by molar-refractivity contribution is 5.85. The fourth-order valence-corrected chi connectivity index (χ4v) is 3.40. The molecule has 2 N–H and O–H groups in total. The average Bonchev–Trinajstić information content (AvgIpc) is 2.81. The van der Waals surface area contributed by atoms with Crippen LogP contribution in [0.5, 0.6) is 11.5 Å². The maximum atomic E-state index is 12.6. The van der Waals surface area contributed by atoms with Gasteiger partial charge < -0.3 is 9.47 Å². The number of nitrogens with one attached hydrogen (secondary N) is 2. The summed E-state index contributed by atoms with van der Waals surface area (Å²) in [7, 11) is 0. The molecule has 1 atom stereocenters. The quantitative estimate of drug-likeness (QED) is 0.643. The molecule has 6 heteroatoms. The lowest BCUT2D eigenvalue weighted by molar-refractivity contribution is -0.135. The number of carbonyl (C=O) groups is 2. The molecule has 0 spiro atoms. The van der Waals surface area contributed by atoms with Crippen molar-refractivity contribution in [3.63, 3.8) is 0 Å². The molecule has 6 nitrogen and oxygen atoms in total. The summed E-state index contributed by atoms with van der Waals surface area (Å²) in [6, 6.07) is 26.8. The third kappa shape index (κ3) is 4.60. The molecular weight excluding hydrogens is 380 g/mol. The Morgan fingerprint density at radius 2 is 1.37 bits per heavy atom. The number of fused-ring (bicyclic) bond motifs is 1. The predicted octanol–water partition coefficient (Wildman–Crippen LogP) is 3.20. The van der Waals surface area contributed by atoms with Crippen LogP contribution in [0.4, 0.5) is 0 Å². The van der Waals surface area contributed by atoms with Crippen LogP contribution in [0.25, 0.3) is 0 Å². The van der Waals surface area contributed by atoms with Crippen LogP contribution in [-0.2, 0) is 9.59 Å². The number of amides is 2. The van der Waals surface area contributed by atoms with Gasteiger partial charge in [0.15, 0.2) is 11.5 Å². The van der Waals surface area contributed by atoms with Gasteiger partial charge in [0.1, 0.15) is 6.61 Å². The summed E-state index contributed by atoms with van der Waals surface area (Å²) in [5, 5.41) is 0. The summed E-state index contributed by atoms with van der Waals surface area (Å²) < 4.78 is 11.2. The Bertz CT molecular complexity index is 968. The molecule has 0 saturated carbocycles. The first-order valence-corrected chi connectivity index (χ1v) is 9.78. The molecule has 0 aliphatic carbocycles. The van der Waals surface area contributed by atoms with E-state index < -0.39 is 12.0 Å². The summed E-state index contributed by atoms with van der Waals surface area (Å²) in [6.07, 6.45) is -0.640. The standard InChI is InChI=1S/C24H22N2O4/c27-23(15-19(17-9-3-1-4-10-17)18-11-5-2-6-12-18)25-26-24(28)22-16-29-20-13-7-8-14-21(20)30-22/h1-14,19,22H,15-16H2,(H,25,27)(H,26,28)/t22-/m0/s1. The molecule has 0 bridgehead atoms. The Morgan fingerprint density at radius 3 is 2.00 bits per heavy atom. The molecule has 1 aliphatic heterocycles. The van der Waals surface area contributed by atoms with E-state index in [2.05, 4.69) is 10.9 Å². The second-order valence-corrected chi connectivity index (χ2v) is 6.98. The van der Waals surface area contributed by atoms with Gasteiger partial charge in [-0.25, -0.2) is 0 Å². The average molecular weight is 402 g/mol. The molecule has 152 valence electrons. The molecule has 3 aromatic rings. The molecule has 0 radical (unpaired) electrons. The zero-order chi connectivity index (χ0) is 20.8. The fourth-order valence-electron chi connectivity index (χ4n) is 3.40. The topological polar surface area (TPSA) is 76.7 Å². The molecular formula is C24H22N2O4. The molecule has 3 aromatic carbocycles. The van der Waals surface area contributed by atoms with E-state index in [4.69, 9.17) is 9.47 Å². The van der Waals surface area contributed by atoms with Crippen molar-refractivity contribution in [3.8, 4) is 11.5 Å². The largest absolute Gasteiger partial charge is 0.485 e. The number of hydrogen-bond donors (Lipinski definition) is 2. The van der Waals surface area contributed by atoms with Crippen LogP contribution in [0.1, 0.15) is 23.5 Å². The summed E-state index contributed by atoms with van der Waals surface area (Å²) in [5.74, 6) is 0.222. The molecule has 0 saturated heterocycles. The molecule has 2 amide bonds. The number of hydrogen-bond acceptors (Lipinski definition) is 4. The van der Waals surface area contributed by atoms with Crippen LogP contribution in [0, 0.1) is 0 Å². The monoisotopic (exact) mass is 402 g/mol. The minimum Gasteiger partial charge on any atom is -0.485 e. The highest BCUT2D eigenvalue weighted by atomic mass is 16.6. The highest BCUT2D eigenvalue weighted by Crippen LogP contribution is 2.31. The van der Waals surface area contributed by atoms with Crippen molar-refractivity contribution >= 4 is 11.8 Å². The Morgan fingerprint density at radius 1 is 0.800 bits per heavy atom. The van der Waals surface area contributed by atoms with Gasteiger partial charge in [-0.05, 0) is 23.3 Å². The molecule has 4 rings (SSSR count). The number of rotatable bonds is 5. The Kier molecular flexibility index (Phi) is 5.94. The first-order valence-electron chi connectivity index (χ1n) is 9.78. The smallest absolute Gasteiger partial charge is 0.283 e. The Balaban J connectivity index is 1.37. The van der Waals surface area contributed by atoms with Gasteiger partial charge in [-0.2, -0.15) is 0 Å². The third-order valence-corrected chi connectivity index (χ3v) is 4.92. The molecule has 0 aromatic heterocycles. The Hall–Kier alpha value is -3.80. The van der Waals surface area contributed by atoms with Crippen molar-refractivity contribution in [1.82, 2.24) is 10.9 Å². The summed E-state index contributed by atoms with van der Waals surface area (Å²) >= 11 is 0. The molecule has 1 heterocycles. The molecule has 0 fully saturated rings. The van der Waals surface area contributed by atoms with Gasteiger partial charge in [-0.15, -0.1) is 0 Å². The van der Waals surface area contributed by atoms with E-state index in [0.717, 1.165) is 11.1 Å².